The van der Waals surface area contributed by atoms with Crippen LogP contribution >= 0.6 is 0 Å². The van der Waals surface area contributed by atoms with E-state index >= 15 is 0 Å². The van der Waals surface area contributed by atoms with Crippen molar-refractivity contribution in [3.8, 4) is 11.5 Å². The Labute approximate surface area is 196 Å². The van der Waals surface area contributed by atoms with E-state index in [1.807, 2.05) is 39.0 Å². The molecule has 2 N–H and O–H groups in total. The molecule has 0 bridgehead atoms. The van der Waals surface area contributed by atoms with Crippen molar-refractivity contribution in [2.45, 2.75) is 71.1 Å². The molecule has 6 nitrogen and oxygen atoms in total. The van der Waals surface area contributed by atoms with Crippen LogP contribution in [0.25, 0.3) is 0 Å². The number of ether oxygens (including phenoxy) is 2. The molecule has 1 amide bonds. The number of para-hydroxylation sites is 1. The van der Waals surface area contributed by atoms with E-state index in [9.17, 15) is 14.7 Å². The summed E-state index contributed by atoms with van der Waals surface area (Å²) in [7, 11) is 0. The molecule has 1 atom stereocenters. The third-order valence-corrected chi connectivity index (χ3v) is 5.97. The number of anilines is 1. The van der Waals surface area contributed by atoms with Gasteiger partial charge in [-0.1, -0.05) is 65.2 Å². The molecule has 0 fully saturated rings. The zero-order valence-corrected chi connectivity index (χ0v) is 20.1. The van der Waals surface area contributed by atoms with Gasteiger partial charge in [-0.15, -0.1) is 0 Å². The van der Waals surface area contributed by atoms with Crippen LogP contribution in [0.2, 0.25) is 0 Å². The highest BCUT2D eigenvalue weighted by molar-refractivity contribution is 5.95. The third kappa shape index (κ3) is 6.28. The highest BCUT2D eigenvalue weighted by atomic mass is 16.6. The predicted molar refractivity (Wildman–Crippen MR) is 130 cm³/mol. The van der Waals surface area contributed by atoms with Gasteiger partial charge in [0, 0.05) is 17.7 Å². The predicted octanol–water partition coefficient (Wildman–Crippen LogP) is 6.15. The summed E-state index contributed by atoms with van der Waals surface area (Å²) in [6.45, 7) is 9.30. The molecule has 1 unspecified atom stereocenters. The molecule has 0 aromatic heterocycles. The van der Waals surface area contributed by atoms with Crippen LogP contribution in [-0.4, -0.2) is 30.2 Å². The number of carbonyl (C=O) groups is 2. The molecule has 0 saturated carbocycles. The first-order valence-corrected chi connectivity index (χ1v) is 11.8. The van der Waals surface area contributed by atoms with E-state index in [1.54, 1.807) is 18.2 Å². The topological polar surface area (TPSA) is 84.9 Å². The molecule has 0 spiro atoms. The Morgan fingerprint density at radius 1 is 1.09 bits per heavy atom. The number of aromatic carboxylic acids is 1. The Hall–Kier alpha value is -3.02. The van der Waals surface area contributed by atoms with E-state index in [1.165, 1.54) is 0 Å². The number of unbranched alkanes of at least 4 members (excludes halogenated alkanes) is 2. The van der Waals surface area contributed by atoms with E-state index in [0.717, 1.165) is 48.3 Å². The van der Waals surface area contributed by atoms with Gasteiger partial charge in [0.2, 0.25) is 5.91 Å². The van der Waals surface area contributed by atoms with E-state index < -0.39 is 5.97 Å². The number of hydrogen-bond acceptors (Lipinski definition) is 4. The number of hydrogen-bond donors (Lipinski definition) is 2. The first kappa shape index (κ1) is 24.6. The van der Waals surface area contributed by atoms with Crippen LogP contribution in [0, 0.1) is 0 Å². The summed E-state index contributed by atoms with van der Waals surface area (Å²) in [5.41, 5.74) is 2.35. The average molecular weight is 454 g/mol. The largest absolute Gasteiger partial charge is 0.486 e. The average Bonchev–Trinajstić information content (AvgIpc) is 2.77. The number of carbonyl (C=O) groups excluding carboxylic acids is 1. The molecule has 3 rings (SSSR count). The third-order valence-electron chi connectivity index (χ3n) is 5.97. The fourth-order valence-electron chi connectivity index (χ4n) is 4.29. The van der Waals surface area contributed by atoms with Crippen molar-refractivity contribution in [2.24, 2.45) is 0 Å². The summed E-state index contributed by atoms with van der Waals surface area (Å²) in [5, 5.41) is 12.4. The van der Waals surface area contributed by atoms with Crippen molar-refractivity contribution in [3.05, 3.63) is 53.1 Å². The van der Waals surface area contributed by atoms with Gasteiger partial charge < -0.3 is 19.9 Å². The zero-order valence-electron chi connectivity index (χ0n) is 20.1. The molecule has 1 heterocycles. The van der Waals surface area contributed by atoms with Crippen LogP contribution in [0.3, 0.4) is 0 Å². The Morgan fingerprint density at radius 3 is 2.55 bits per heavy atom. The van der Waals surface area contributed by atoms with Gasteiger partial charge in [-0.2, -0.15) is 0 Å². The van der Waals surface area contributed by atoms with Gasteiger partial charge in [0.05, 0.1) is 5.56 Å². The lowest BCUT2D eigenvalue weighted by molar-refractivity contribution is -0.116. The molecule has 2 aromatic carbocycles. The van der Waals surface area contributed by atoms with Crippen LogP contribution in [0.4, 0.5) is 5.69 Å². The smallest absolute Gasteiger partial charge is 0.335 e. The van der Waals surface area contributed by atoms with Crippen LogP contribution in [-0.2, 0) is 10.2 Å². The number of nitrogens with one attached hydrogen (secondary N) is 1. The van der Waals surface area contributed by atoms with E-state index in [2.05, 4.69) is 12.2 Å². The van der Waals surface area contributed by atoms with Gasteiger partial charge in [-0.3, -0.25) is 4.79 Å². The number of benzene rings is 2. The Bertz CT molecular complexity index is 992. The minimum atomic E-state index is -1.02. The number of carboxylic acids is 1. The Kier molecular flexibility index (Phi) is 8.01. The zero-order chi connectivity index (χ0) is 24.0. The molecule has 0 radical (unpaired) electrons. The second kappa shape index (κ2) is 10.7. The highest BCUT2D eigenvalue weighted by Crippen LogP contribution is 2.41. The molecular weight excluding hydrogens is 418 g/mol. The first-order valence-electron chi connectivity index (χ1n) is 11.8. The molecule has 0 aliphatic carbocycles. The van der Waals surface area contributed by atoms with Crippen molar-refractivity contribution < 1.29 is 24.2 Å². The molecule has 2 aromatic rings. The second-order valence-corrected chi connectivity index (χ2v) is 9.63. The summed E-state index contributed by atoms with van der Waals surface area (Å²) in [6.07, 6.45) is 4.36. The lowest BCUT2D eigenvalue weighted by atomic mass is 9.85. The summed E-state index contributed by atoms with van der Waals surface area (Å²) in [6, 6.07) is 10.8. The number of fused-ring (bicyclic) bond motifs is 1. The fraction of sp³-hybridized carbons (Fsp3) is 0.481. The van der Waals surface area contributed by atoms with E-state index in [-0.39, 0.29) is 29.2 Å². The maximum Gasteiger partial charge on any atom is 0.335 e. The maximum atomic E-state index is 13.2. The van der Waals surface area contributed by atoms with Crippen LogP contribution < -0.4 is 14.8 Å². The van der Waals surface area contributed by atoms with Gasteiger partial charge in [0.25, 0.3) is 0 Å². The molecule has 1 aliphatic heterocycles. The van der Waals surface area contributed by atoms with E-state index in [0.29, 0.717) is 18.9 Å². The van der Waals surface area contributed by atoms with Crippen LogP contribution in [0.15, 0.2) is 36.4 Å². The lowest BCUT2D eigenvalue weighted by Gasteiger charge is -2.26. The summed E-state index contributed by atoms with van der Waals surface area (Å²) in [5.74, 6) is 0.286. The minimum Gasteiger partial charge on any atom is -0.486 e. The second-order valence-electron chi connectivity index (χ2n) is 9.63. The monoisotopic (exact) mass is 453 g/mol. The standard InChI is InChI=1S/C27H35NO5/c1-5-6-7-9-18(20-10-8-11-23-25(20)33-15-14-32-23)17-24(29)28-22-16-19(26(30)31)12-13-21(22)27(2,3)4/h8,10-13,16,18H,5-7,9,14-15,17H2,1-4H3,(H,28,29)(H,30,31). The first-order chi connectivity index (χ1) is 15.7. The maximum absolute atomic E-state index is 13.2. The Morgan fingerprint density at radius 2 is 1.85 bits per heavy atom. The van der Waals surface area contributed by atoms with Crippen molar-refractivity contribution in [1.82, 2.24) is 0 Å². The normalized spacial score (nSPS) is 13.9. The van der Waals surface area contributed by atoms with Gasteiger partial charge >= 0.3 is 5.97 Å². The summed E-state index contributed by atoms with van der Waals surface area (Å²) in [4.78, 5) is 24.7. The molecule has 1 aliphatic rings. The summed E-state index contributed by atoms with van der Waals surface area (Å²) >= 11 is 0. The minimum absolute atomic E-state index is 0.0195. The number of carboxylic acid groups (broad SMARTS) is 1. The Balaban J connectivity index is 1.87. The van der Waals surface area contributed by atoms with Crippen molar-refractivity contribution in [2.75, 3.05) is 18.5 Å². The van der Waals surface area contributed by atoms with Crippen LogP contribution in [0.1, 0.15) is 87.2 Å². The molecule has 0 saturated heterocycles. The number of amides is 1. The van der Waals surface area contributed by atoms with Crippen molar-refractivity contribution in [1.29, 1.82) is 0 Å². The lowest BCUT2D eigenvalue weighted by Crippen LogP contribution is -2.22. The van der Waals surface area contributed by atoms with Gasteiger partial charge in [0.1, 0.15) is 13.2 Å². The highest BCUT2D eigenvalue weighted by Gasteiger charge is 2.26. The van der Waals surface area contributed by atoms with E-state index in [4.69, 9.17) is 9.47 Å². The fourth-order valence-corrected chi connectivity index (χ4v) is 4.29. The molecule has 178 valence electrons. The molecule has 33 heavy (non-hydrogen) atoms. The van der Waals surface area contributed by atoms with Crippen molar-refractivity contribution >= 4 is 17.6 Å². The van der Waals surface area contributed by atoms with Gasteiger partial charge in [-0.25, -0.2) is 4.79 Å². The van der Waals surface area contributed by atoms with Gasteiger partial charge in [0.15, 0.2) is 11.5 Å². The summed E-state index contributed by atoms with van der Waals surface area (Å²) < 4.78 is 11.7. The molecular formula is C27H35NO5. The molecule has 6 heteroatoms. The van der Waals surface area contributed by atoms with Gasteiger partial charge in [-0.05, 0) is 41.5 Å². The quantitative estimate of drug-likeness (QED) is 0.445. The van der Waals surface area contributed by atoms with Crippen molar-refractivity contribution in [3.63, 3.8) is 0 Å². The number of rotatable bonds is 9. The van der Waals surface area contributed by atoms with Crippen LogP contribution in [0.5, 0.6) is 11.5 Å². The SMILES string of the molecule is CCCCCC(CC(=O)Nc1cc(C(=O)O)ccc1C(C)(C)C)c1cccc2c1OCCO2.